The molecule has 0 saturated carbocycles. The van der Waals surface area contributed by atoms with Crippen LogP contribution in [0.3, 0.4) is 0 Å². The number of aromatic amines is 1. The number of H-pyrrole nitrogens is 1. The predicted octanol–water partition coefficient (Wildman–Crippen LogP) is 5.39. The van der Waals surface area contributed by atoms with Crippen LogP contribution < -0.4 is 0 Å². The summed E-state index contributed by atoms with van der Waals surface area (Å²) in [5.41, 5.74) is 4.59. The van der Waals surface area contributed by atoms with Crippen LogP contribution in [-0.2, 0) is 33.9 Å². The van der Waals surface area contributed by atoms with Crippen molar-refractivity contribution in [3.8, 4) is 22.5 Å². The number of imidazole rings is 1. The molecule has 0 aliphatic rings. The molecule has 43 heavy (non-hydrogen) atoms. The number of unbranched alkanes of at least 4 members (excludes halogenated alkanes) is 2. The average molecular weight is 608 g/mol. The van der Waals surface area contributed by atoms with Gasteiger partial charge in [0.15, 0.2) is 5.15 Å². The Balaban J connectivity index is 1.51. The van der Waals surface area contributed by atoms with Crippen LogP contribution in [0.1, 0.15) is 62.5 Å². The molecule has 0 amide bonds. The van der Waals surface area contributed by atoms with Gasteiger partial charge in [-0.15, -0.1) is 10.2 Å². The number of carboxylic acids is 1. The highest BCUT2D eigenvalue weighted by Gasteiger charge is 2.24. The molecule has 2 aromatic carbocycles. The fourth-order valence-electron chi connectivity index (χ4n) is 4.97. The molecule has 0 unspecified atom stereocenters. The second kappa shape index (κ2) is 15.4. The van der Waals surface area contributed by atoms with Gasteiger partial charge in [0.1, 0.15) is 18.5 Å². The minimum Gasteiger partial charge on any atom is -0.481 e. The van der Waals surface area contributed by atoms with Crippen LogP contribution in [0.4, 0.5) is 0 Å². The number of carbonyl (C=O) groups is 2. The van der Waals surface area contributed by atoms with Crippen molar-refractivity contribution in [3.05, 3.63) is 70.8 Å². The lowest BCUT2D eigenvalue weighted by Crippen LogP contribution is -2.37. The van der Waals surface area contributed by atoms with Crippen molar-refractivity contribution in [1.29, 1.82) is 0 Å². The van der Waals surface area contributed by atoms with E-state index in [0.29, 0.717) is 42.5 Å². The number of hydrogen-bond donors (Lipinski definition) is 2. The predicted molar refractivity (Wildman–Crippen MR) is 163 cm³/mol. The van der Waals surface area contributed by atoms with Gasteiger partial charge in [-0.05, 0) is 55.3 Å². The van der Waals surface area contributed by atoms with Crippen LogP contribution in [0.25, 0.3) is 22.5 Å². The monoisotopic (exact) mass is 607 g/mol. The fraction of sp³-hybridized carbons (Fsp3) is 0.419. The van der Waals surface area contributed by atoms with Crippen molar-refractivity contribution >= 4 is 23.5 Å². The number of hydrogen-bond acceptors (Lipinski definition) is 8. The number of nitrogens with one attached hydrogen (secondary N) is 1. The Kier molecular flexibility index (Phi) is 11.4. The Morgan fingerprint density at radius 3 is 2.47 bits per heavy atom. The number of aryl methyl sites for hydroxylation is 1. The van der Waals surface area contributed by atoms with Gasteiger partial charge in [-0.2, -0.15) is 5.21 Å². The molecule has 0 fully saturated rings. The first-order valence-corrected chi connectivity index (χ1v) is 14.9. The molecular weight excluding hydrogens is 570 g/mol. The second-order valence-electron chi connectivity index (χ2n) is 10.7. The summed E-state index contributed by atoms with van der Waals surface area (Å²) in [5, 5.41) is 23.7. The number of esters is 1. The maximum absolute atomic E-state index is 13.1. The van der Waals surface area contributed by atoms with Crippen LogP contribution in [0.2, 0.25) is 5.15 Å². The highest BCUT2D eigenvalue weighted by molar-refractivity contribution is 6.30. The van der Waals surface area contributed by atoms with E-state index in [-0.39, 0.29) is 19.0 Å². The molecule has 2 heterocycles. The van der Waals surface area contributed by atoms with Crippen molar-refractivity contribution in [2.24, 2.45) is 0 Å². The zero-order valence-corrected chi connectivity index (χ0v) is 25.5. The summed E-state index contributed by atoms with van der Waals surface area (Å²) in [6.07, 6.45) is 4.43. The quantitative estimate of drug-likeness (QED) is 0.127. The Morgan fingerprint density at radius 1 is 1.07 bits per heavy atom. The Labute approximate surface area is 256 Å². The lowest BCUT2D eigenvalue weighted by atomic mass is 9.98. The lowest BCUT2D eigenvalue weighted by molar-refractivity contribution is -0.150. The van der Waals surface area contributed by atoms with Crippen LogP contribution in [0.15, 0.2) is 48.5 Å². The van der Waals surface area contributed by atoms with Gasteiger partial charge in [-0.1, -0.05) is 79.9 Å². The second-order valence-corrected chi connectivity index (χ2v) is 11.0. The lowest BCUT2D eigenvalue weighted by Gasteiger charge is -2.22. The number of likely N-dealkylation sites (N-methyl/N-ethyl adjacent to an activating group) is 1. The zero-order valence-electron chi connectivity index (χ0n) is 24.8. The molecule has 0 saturated heterocycles. The van der Waals surface area contributed by atoms with Gasteiger partial charge in [-0.25, -0.2) is 4.98 Å². The largest absolute Gasteiger partial charge is 0.481 e. The Hall–Kier alpha value is -4.09. The third kappa shape index (κ3) is 8.48. The zero-order chi connectivity index (χ0) is 30.8. The van der Waals surface area contributed by atoms with E-state index in [1.165, 1.54) is 0 Å². The summed E-state index contributed by atoms with van der Waals surface area (Å²) in [7, 11) is 3.63. The molecular formula is C31H38ClN7O4. The first-order chi connectivity index (χ1) is 20.8. The SMILES string of the molecule is CCCCc1nc(Cl)c(COC(=O)[C@H](CCCCC(=O)O)N(C)C)n1Cc1ccc(-c2ccccc2-c2nn[nH]n2)cc1. The van der Waals surface area contributed by atoms with Crippen LogP contribution in [-0.4, -0.2) is 72.3 Å². The molecule has 2 N–H and O–H groups in total. The third-order valence-electron chi connectivity index (χ3n) is 7.34. The van der Waals surface area contributed by atoms with E-state index in [1.807, 2.05) is 42.9 Å². The number of rotatable bonds is 16. The molecule has 12 heteroatoms. The van der Waals surface area contributed by atoms with Crippen LogP contribution in [0, 0.1) is 0 Å². The van der Waals surface area contributed by atoms with E-state index in [9.17, 15) is 9.59 Å². The standard InChI is InChI=1S/C31H38ClN7O4/c1-4-5-13-27-33-29(32)26(20-43-31(42)25(38(2)3)12-8-9-14-28(40)41)39(27)19-21-15-17-22(18-16-21)23-10-6-7-11-24(23)30-34-36-37-35-30/h6-7,10-11,15-18,25H,4-5,8-9,12-14,19-20H2,1-3H3,(H,40,41)(H,34,35,36,37)/t25-/m0/s1. The molecule has 4 aromatic rings. The molecule has 2 aromatic heterocycles. The van der Waals surface area contributed by atoms with Crippen molar-refractivity contribution < 1.29 is 19.4 Å². The van der Waals surface area contributed by atoms with Gasteiger partial charge in [0.2, 0.25) is 5.82 Å². The number of ether oxygens (including phenoxy) is 1. The number of aromatic nitrogens is 6. The van der Waals surface area contributed by atoms with Gasteiger partial charge in [0.25, 0.3) is 0 Å². The molecule has 228 valence electrons. The summed E-state index contributed by atoms with van der Waals surface area (Å²) < 4.78 is 7.82. The van der Waals surface area contributed by atoms with Gasteiger partial charge in [0.05, 0.1) is 5.69 Å². The summed E-state index contributed by atoms with van der Waals surface area (Å²) in [5.74, 6) is 0.171. The van der Waals surface area contributed by atoms with E-state index >= 15 is 0 Å². The minimum absolute atomic E-state index is 0.00752. The van der Waals surface area contributed by atoms with Crippen LogP contribution in [0.5, 0.6) is 0 Å². The maximum Gasteiger partial charge on any atom is 0.323 e. The number of nitrogens with zero attached hydrogens (tertiary/aromatic N) is 6. The third-order valence-corrected chi connectivity index (χ3v) is 7.64. The molecule has 11 nitrogen and oxygen atoms in total. The molecule has 0 aliphatic heterocycles. The van der Waals surface area contributed by atoms with E-state index in [2.05, 4.69) is 56.8 Å². The van der Waals surface area contributed by atoms with Crippen molar-refractivity contribution in [3.63, 3.8) is 0 Å². The van der Waals surface area contributed by atoms with Crippen molar-refractivity contribution in [1.82, 2.24) is 35.1 Å². The number of carboxylic acid groups (broad SMARTS) is 1. The van der Waals surface area contributed by atoms with E-state index in [0.717, 1.165) is 47.3 Å². The topological polar surface area (TPSA) is 139 Å². The number of halogens is 1. The number of benzene rings is 2. The van der Waals surface area contributed by atoms with Gasteiger partial charge in [-0.3, -0.25) is 14.5 Å². The molecule has 0 aliphatic carbocycles. The first kappa shape index (κ1) is 31.8. The Morgan fingerprint density at radius 2 is 1.81 bits per heavy atom. The molecule has 0 bridgehead atoms. The summed E-state index contributed by atoms with van der Waals surface area (Å²) >= 11 is 6.62. The van der Waals surface area contributed by atoms with E-state index in [1.54, 1.807) is 4.90 Å². The average Bonchev–Trinajstić information content (AvgIpc) is 3.63. The highest BCUT2D eigenvalue weighted by atomic mass is 35.5. The van der Waals surface area contributed by atoms with Gasteiger partial charge < -0.3 is 14.4 Å². The van der Waals surface area contributed by atoms with Crippen molar-refractivity contribution in [2.45, 2.75) is 71.1 Å². The van der Waals surface area contributed by atoms with E-state index in [4.69, 9.17) is 21.4 Å². The Bertz CT molecular complexity index is 1490. The minimum atomic E-state index is -0.839. The normalized spacial score (nSPS) is 12.0. The number of aliphatic carboxylic acids is 1. The fourth-order valence-corrected chi connectivity index (χ4v) is 5.22. The number of carbonyl (C=O) groups excluding carboxylic acids is 1. The summed E-state index contributed by atoms with van der Waals surface area (Å²) in [6.45, 7) is 2.64. The number of tetrazole rings is 1. The van der Waals surface area contributed by atoms with Gasteiger partial charge >= 0.3 is 11.9 Å². The first-order valence-electron chi connectivity index (χ1n) is 14.5. The maximum atomic E-state index is 13.1. The molecule has 0 radical (unpaired) electrons. The summed E-state index contributed by atoms with van der Waals surface area (Å²) in [4.78, 5) is 30.3. The van der Waals surface area contributed by atoms with E-state index < -0.39 is 12.0 Å². The van der Waals surface area contributed by atoms with Crippen molar-refractivity contribution in [2.75, 3.05) is 14.1 Å². The summed E-state index contributed by atoms with van der Waals surface area (Å²) in [6, 6.07) is 15.7. The van der Waals surface area contributed by atoms with Gasteiger partial charge in [0, 0.05) is 24.9 Å². The van der Waals surface area contributed by atoms with Crippen LogP contribution >= 0.6 is 11.6 Å². The molecule has 1 atom stereocenters. The molecule has 0 spiro atoms. The highest BCUT2D eigenvalue weighted by Crippen LogP contribution is 2.30. The smallest absolute Gasteiger partial charge is 0.323 e. The molecule has 4 rings (SSSR count).